The van der Waals surface area contributed by atoms with Gasteiger partial charge in [0.2, 0.25) is 17.7 Å². The summed E-state index contributed by atoms with van der Waals surface area (Å²) in [7, 11) is 0. The molecule has 0 aromatic heterocycles. The van der Waals surface area contributed by atoms with E-state index in [4.69, 9.17) is 0 Å². The van der Waals surface area contributed by atoms with E-state index in [2.05, 4.69) is 33.5 Å². The lowest BCUT2D eigenvalue weighted by Gasteiger charge is -2.37. The number of unbranched alkanes of at least 4 members (excludes halogenated alkanes) is 1. The molecule has 0 aliphatic carbocycles. The quantitative estimate of drug-likeness (QED) is 0.307. The monoisotopic (exact) mass is 585 g/mol. The number of nitrogens with zero attached hydrogens (tertiary/aromatic N) is 1. The highest BCUT2D eigenvalue weighted by Crippen LogP contribution is 2.68. The molecule has 196 valence electrons. The molecular weight excluding hydrogens is 554 g/mol. The number of fused-ring (bicyclic) bond motifs is 1. The Morgan fingerprint density at radius 1 is 1.14 bits per heavy atom. The van der Waals surface area contributed by atoms with Gasteiger partial charge in [-0.1, -0.05) is 77.8 Å². The third-order valence-corrected chi connectivity index (χ3v) is 11.1. The molecule has 3 aliphatic rings. The fourth-order valence-electron chi connectivity index (χ4n) is 6.26. The summed E-state index contributed by atoms with van der Waals surface area (Å²) in [4.78, 5) is 43.3. The number of rotatable bonds is 9. The standard InChI is InChI=1S/C28H32BrN3O4S/c1-2-3-14-30-26(35)24-28-15-19(29)23(37-28)21(25(34)31-18-12-8-5-9-13-18)22(28)27(36)32(24)20(16-33)17-10-6-4-7-11-17/h4-13,19-24,33H,2-3,14-16H2,1H3,(H,30,35)(H,31,34)/t19?,20-,21-,22+,23-,24?,28?/m1/s1. The molecular formula is C28H32BrN3O4S. The summed E-state index contributed by atoms with van der Waals surface area (Å²) in [6, 6.07) is 17.1. The van der Waals surface area contributed by atoms with Crippen LogP contribution in [-0.4, -0.2) is 61.7 Å². The Labute approximate surface area is 229 Å². The highest BCUT2D eigenvalue weighted by atomic mass is 79.9. The summed E-state index contributed by atoms with van der Waals surface area (Å²) in [6.07, 6.45) is 2.37. The second kappa shape index (κ2) is 10.8. The zero-order valence-corrected chi connectivity index (χ0v) is 23.1. The third-order valence-electron chi connectivity index (χ3n) is 7.84. The Bertz CT molecular complexity index is 1150. The maximum absolute atomic E-state index is 14.3. The lowest BCUT2D eigenvalue weighted by Crippen LogP contribution is -2.55. The number of amides is 3. The van der Waals surface area contributed by atoms with Crippen LogP contribution < -0.4 is 10.6 Å². The van der Waals surface area contributed by atoms with Gasteiger partial charge in [-0.2, -0.15) is 0 Å². The molecule has 3 fully saturated rings. The van der Waals surface area contributed by atoms with E-state index in [0.717, 1.165) is 18.4 Å². The number of anilines is 1. The number of hydrogen-bond donors (Lipinski definition) is 3. The Morgan fingerprint density at radius 3 is 2.46 bits per heavy atom. The highest BCUT2D eigenvalue weighted by molar-refractivity contribution is 9.09. The van der Waals surface area contributed by atoms with Crippen molar-refractivity contribution in [3.63, 3.8) is 0 Å². The van der Waals surface area contributed by atoms with Gasteiger partial charge < -0.3 is 20.6 Å². The lowest BCUT2D eigenvalue weighted by atomic mass is 9.70. The van der Waals surface area contributed by atoms with Gasteiger partial charge in [-0.25, -0.2) is 0 Å². The van der Waals surface area contributed by atoms with E-state index >= 15 is 0 Å². The molecule has 3 N–H and O–H groups in total. The van der Waals surface area contributed by atoms with E-state index in [1.165, 1.54) is 0 Å². The molecule has 3 heterocycles. The van der Waals surface area contributed by atoms with Gasteiger partial charge in [0.1, 0.15) is 6.04 Å². The normalized spacial score (nSPS) is 30.7. The number of aliphatic hydroxyl groups excluding tert-OH is 1. The van der Waals surface area contributed by atoms with Crippen LogP contribution in [0.25, 0.3) is 0 Å². The Kier molecular flexibility index (Phi) is 7.65. The number of benzene rings is 2. The van der Waals surface area contributed by atoms with Gasteiger partial charge in [-0.15, -0.1) is 11.8 Å². The van der Waals surface area contributed by atoms with Crippen LogP contribution >= 0.6 is 27.7 Å². The van der Waals surface area contributed by atoms with Crippen molar-refractivity contribution in [3.05, 3.63) is 66.2 Å². The van der Waals surface area contributed by atoms with Crippen LogP contribution in [0.15, 0.2) is 60.7 Å². The van der Waals surface area contributed by atoms with Crippen molar-refractivity contribution in [1.82, 2.24) is 10.2 Å². The molecule has 3 saturated heterocycles. The van der Waals surface area contributed by atoms with E-state index < -0.39 is 28.7 Å². The molecule has 37 heavy (non-hydrogen) atoms. The molecule has 7 atom stereocenters. The number of hydrogen-bond acceptors (Lipinski definition) is 5. The van der Waals surface area contributed by atoms with Gasteiger partial charge in [0, 0.05) is 22.3 Å². The first kappa shape index (κ1) is 26.3. The van der Waals surface area contributed by atoms with Crippen molar-refractivity contribution in [3.8, 4) is 0 Å². The predicted octanol–water partition coefficient (Wildman–Crippen LogP) is 3.74. The zero-order chi connectivity index (χ0) is 26.2. The predicted molar refractivity (Wildman–Crippen MR) is 148 cm³/mol. The average Bonchev–Trinajstić information content (AvgIpc) is 3.49. The molecule has 3 unspecified atom stereocenters. The highest BCUT2D eigenvalue weighted by Gasteiger charge is 2.76. The minimum absolute atomic E-state index is 0.0109. The number of aliphatic hydroxyl groups is 1. The van der Waals surface area contributed by atoms with Crippen LogP contribution in [0, 0.1) is 11.8 Å². The van der Waals surface area contributed by atoms with Gasteiger partial charge in [-0.05, 0) is 30.5 Å². The second-order valence-electron chi connectivity index (χ2n) is 10.0. The van der Waals surface area contributed by atoms with Crippen molar-refractivity contribution in [2.75, 3.05) is 18.5 Å². The molecule has 3 amide bonds. The van der Waals surface area contributed by atoms with Gasteiger partial charge in [0.15, 0.2) is 0 Å². The number of para-hydroxylation sites is 1. The van der Waals surface area contributed by atoms with Crippen molar-refractivity contribution < 1.29 is 19.5 Å². The van der Waals surface area contributed by atoms with Crippen LogP contribution in [0.1, 0.15) is 37.8 Å². The molecule has 9 heteroatoms. The van der Waals surface area contributed by atoms with Crippen LogP contribution in [0.4, 0.5) is 5.69 Å². The maximum atomic E-state index is 14.3. The number of alkyl halides is 1. The molecule has 2 aromatic rings. The molecule has 2 aromatic carbocycles. The summed E-state index contributed by atoms with van der Waals surface area (Å²) in [5.41, 5.74) is 1.44. The SMILES string of the molecule is CCCCNC(=O)C1N([C@H](CO)c2ccccc2)C(=O)[C@@H]2[C@@H](C(=O)Nc3ccccc3)[C@@H]3SC12CC3Br. The van der Waals surface area contributed by atoms with Crippen LogP contribution in [0.5, 0.6) is 0 Å². The summed E-state index contributed by atoms with van der Waals surface area (Å²) < 4.78 is -0.757. The minimum atomic E-state index is -0.788. The van der Waals surface area contributed by atoms with Crippen LogP contribution in [0.3, 0.4) is 0 Å². The smallest absolute Gasteiger partial charge is 0.244 e. The van der Waals surface area contributed by atoms with E-state index in [1.807, 2.05) is 60.7 Å². The summed E-state index contributed by atoms with van der Waals surface area (Å²) in [5.74, 6) is -1.90. The molecule has 7 nitrogen and oxygen atoms in total. The molecule has 0 radical (unpaired) electrons. The maximum Gasteiger partial charge on any atom is 0.244 e. The van der Waals surface area contributed by atoms with E-state index in [9.17, 15) is 19.5 Å². The lowest BCUT2D eigenvalue weighted by molar-refractivity contribution is -0.142. The van der Waals surface area contributed by atoms with Gasteiger partial charge in [0.25, 0.3) is 0 Å². The Balaban J connectivity index is 1.55. The summed E-state index contributed by atoms with van der Waals surface area (Å²) in [6.45, 7) is 2.26. The zero-order valence-electron chi connectivity index (χ0n) is 20.7. The van der Waals surface area contributed by atoms with Gasteiger partial charge in [-0.3, -0.25) is 14.4 Å². The van der Waals surface area contributed by atoms with Gasteiger partial charge in [0.05, 0.1) is 29.2 Å². The molecule has 0 saturated carbocycles. The topological polar surface area (TPSA) is 98.7 Å². The fourth-order valence-corrected chi connectivity index (χ4v) is 9.86. The minimum Gasteiger partial charge on any atom is -0.394 e. The number of carbonyl (C=O) groups is 3. The molecule has 5 rings (SSSR count). The summed E-state index contributed by atoms with van der Waals surface area (Å²) in [5, 5.41) is 16.4. The number of likely N-dealkylation sites (tertiary alicyclic amines) is 1. The number of halogens is 1. The molecule has 1 spiro atoms. The van der Waals surface area contributed by atoms with Crippen molar-refractivity contribution in [2.45, 2.75) is 53.1 Å². The number of thioether (sulfide) groups is 1. The first-order valence-electron chi connectivity index (χ1n) is 12.9. The van der Waals surface area contributed by atoms with Gasteiger partial charge >= 0.3 is 0 Å². The Hall–Kier alpha value is -2.36. The van der Waals surface area contributed by atoms with E-state index in [0.29, 0.717) is 18.7 Å². The number of carbonyl (C=O) groups excluding carboxylic acids is 3. The number of nitrogens with one attached hydrogen (secondary N) is 2. The fraction of sp³-hybridized carbons (Fsp3) is 0.464. The first-order valence-corrected chi connectivity index (χ1v) is 14.7. The molecule has 2 bridgehead atoms. The molecule has 3 aliphatic heterocycles. The van der Waals surface area contributed by atoms with Crippen LogP contribution in [-0.2, 0) is 14.4 Å². The first-order chi connectivity index (χ1) is 17.9. The Morgan fingerprint density at radius 2 is 1.81 bits per heavy atom. The van der Waals surface area contributed by atoms with E-state index in [-0.39, 0.29) is 34.4 Å². The third kappa shape index (κ3) is 4.49. The van der Waals surface area contributed by atoms with Crippen molar-refractivity contribution in [2.24, 2.45) is 11.8 Å². The van der Waals surface area contributed by atoms with Crippen molar-refractivity contribution >= 4 is 51.1 Å². The largest absolute Gasteiger partial charge is 0.394 e. The van der Waals surface area contributed by atoms with Crippen molar-refractivity contribution in [1.29, 1.82) is 0 Å². The summed E-state index contributed by atoms with van der Waals surface area (Å²) >= 11 is 5.39. The second-order valence-corrected chi connectivity index (χ2v) is 12.7. The van der Waals surface area contributed by atoms with E-state index in [1.54, 1.807) is 16.7 Å². The van der Waals surface area contributed by atoms with Crippen LogP contribution in [0.2, 0.25) is 0 Å². The average molecular weight is 587 g/mol.